The molecule has 0 aliphatic rings. The molecule has 0 heterocycles. The lowest BCUT2D eigenvalue weighted by atomic mass is 9.94. The summed E-state index contributed by atoms with van der Waals surface area (Å²) in [4.78, 5) is 2.00. The van der Waals surface area contributed by atoms with E-state index in [1.54, 1.807) is 0 Å². The highest BCUT2D eigenvalue weighted by Gasteiger charge is 2.14. The minimum atomic E-state index is -1.76. The van der Waals surface area contributed by atoms with Gasteiger partial charge in [0, 0.05) is 6.07 Å². The van der Waals surface area contributed by atoms with E-state index in [2.05, 4.69) is 0 Å². The van der Waals surface area contributed by atoms with Crippen molar-refractivity contribution in [3.8, 4) is 0 Å². The molecule has 1 rings (SSSR count). The molecule has 15 heavy (non-hydrogen) atoms. The Morgan fingerprint density at radius 3 is 1.73 bits per heavy atom. The Morgan fingerprint density at radius 2 is 1.33 bits per heavy atom. The maximum atomic E-state index is 12.3. The number of nitrogens with zero attached hydrogens (tertiary/aromatic N) is 1. The van der Waals surface area contributed by atoms with Crippen molar-refractivity contribution in [1.29, 1.82) is 0 Å². The smallest absolute Gasteiger partial charge is 0.193 e. The number of benzene rings is 1. The van der Waals surface area contributed by atoms with Gasteiger partial charge in [0.15, 0.2) is 17.5 Å². The summed E-state index contributed by atoms with van der Waals surface area (Å²) >= 11 is 0. The molecule has 0 atom stereocenters. The minimum Gasteiger partial charge on any atom is -0.312 e. The first kappa shape index (κ1) is 14.0. The van der Waals surface area contributed by atoms with Crippen LogP contribution in [0.1, 0.15) is 0 Å². The van der Waals surface area contributed by atoms with Gasteiger partial charge in [-0.2, -0.15) is 0 Å². The molecule has 0 aliphatic carbocycles. The molecule has 0 amide bonds. The van der Waals surface area contributed by atoms with Crippen molar-refractivity contribution in [2.75, 3.05) is 21.1 Å². The van der Waals surface area contributed by atoms with E-state index in [0.717, 1.165) is 0 Å². The van der Waals surface area contributed by atoms with Crippen molar-refractivity contribution in [3.63, 3.8) is 0 Å². The zero-order valence-corrected chi connectivity index (χ0v) is 8.61. The van der Waals surface area contributed by atoms with Crippen LogP contribution >= 0.6 is 0 Å². The summed E-state index contributed by atoms with van der Waals surface area (Å²) < 4.78 is 48.8. The summed E-state index contributed by atoms with van der Waals surface area (Å²) in [6.45, 7) is 0. The fourth-order valence-corrected chi connectivity index (χ4v) is 0.580. The second kappa shape index (κ2) is 5.75. The Bertz CT molecular complexity index is 312. The van der Waals surface area contributed by atoms with E-state index in [-0.39, 0.29) is 6.07 Å². The lowest BCUT2D eigenvalue weighted by molar-refractivity contribution is 0.440. The van der Waals surface area contributed by atoms with Crippen molar-refractivity contribution < 1.29 is 17.6 Å². The molecule has 0 fully saturated rings. The topological polar surface area (TPSA) is 3.24 Å². The summed E-state index contributed by atoms with van der Waals surface area (Å²) in [5, 5.41) is 0. The molecular formula is C9H10BF4N. The van der Waals surface area contributed by atoms with E-state index >= 15 is 0 Å². The third kappa shape index (κ3) is 4.33. The Kier molecular flexibility index (Phi) is 5.35. The van der Waals surface area contributed by atoms with E-state index in [9.17, 15) is 17.6 Å². The predicted octanol–water partition coefficient (Wildman–Crippen LogP) is 1.21. The average molecular weight is 219 g/mol. The largest absolute Gasteiger partial charge is 0.312 e. The minimum absolute atomic E-state index is 0.188. The lowest BCUT2D eigenvalue weighted by Crippen LogP contribution is -2.17. The number of hydrogen-bond donors (Lipinski definition) is 0. The quantitative estimate of drug-likeness (QED) is 0.274. The average Bonchev–Trinajstić information content (AvgIpc) is 2.11. The second-order valence-electron chi connectivity index (χ2n) is 3.22. The van der Waals surface area contributed by atoms with Crippen LogP contribution in [-0.4, -0.2) is 33.9 Å². The van der Waals surface area contributed by atoms with Gasteiger partial charge in [0.25, 0.3) is 0 Å². The molecule has 0 N–H and O–H groups in total. The van der Waals surface area contributed by atoms with Crippen LogP contribution in [0.15, 0.2) is 6.07 Å². The highest BCUT2D eigenvalue weighted by Crippen LogP contribution is 2.09. The molecular weight excluding hydrogens is 209 g/mol. The first-order valence-corrected chi connectivity index (χ1v) is 3.96. The lowest BCUT2D eigenvalue weighted by Gasteiger charge is -2.00. The number of halogens is 4. The van der Waals surface area contributed by atoms with Crippen molar-refractivity contribution in [2.24, 2.45) is 0 Å². The van der Waals surface area contributed by atoms with E-state index in [4.69, 9.17) is 7.85 Å². The summed E-state index contributed by atoms with van der Waals surface area (Å²) in [5.41, 5.74) is -1.01. The highest BCUT2D eigenvalue weighted by atomic mass is 19.2. The van der Waals surface area contributed by atoms with E-state index < -0.39 is 28.7 Å². The van der Waals surface area contributed by atoms with Gasteiger partial charge in [0.2, 0.25) is 0 Å². The van der Waals surface area contributed by atoms with Crippen LogP contribution in [0.4, 0.5) is 17.6 Å². The first-order valence-electron chi connectivity index (χ1n) is 3.96. The van der Waals surface area contributed by atoms with Gasteiger partial charge in [0.05, 0.1) is 0 Å². The zero-order chi connectivity index (χ0) is 12.2. The van der Waals surface area contributed by atoms with E-state index in [0.29, 0.717) is 0 Å². The molecule has 0 unspecified atom stereocenters. The Labute approximate surface area is 87.1 Å². The number of rotatable bonds is 0. The fraction of sp³-hybridized carbons (Fsp3) is 0.333. The van der Waals surface area contributed by atoms with Gasteiger partial charge < -0.3 is 4.90 Å². The number of hydrogen-bond acceptors (Lipinski definition) is 1. The molecule has 0 aromatic heterocycles. The monoisotopic (exact) mass is 219 g/mol. The van der Waals surface area contributed by atoms with Crippen LogP contribution in [0.25, 0.3) is 0 Å². The maximum Gasteiger partial charge on any atom is 0.193 e. The molecule has 1 aromatic carbocycles. The van der Waals surface area contributed by atoms with Gasteiger partial charge >= 0.3 is 0 Å². The van der Waals surface area contributed by atoms with E-state index in [1.165, 1.54) is 0 Å². The van der Waals surface area contributed by atoms with Gasteiger partial charge in [-0.15, -0.1) is 0 Å². The summed E-state index contributed by atoms with van der Waals surface area (Å²) in [7, 11) is 10.7. The van der Waals surface area contributed by atoms with Crippen molar-refractivity contribution in [1.82, 2.24) is 4.90 Å². The molecule has 82 valence electrons. The first-order chi connectivity index (χ1) is 6.77. The molecule has 1 nitrogen and oxygen atoms in total. The maximum absolute atomic E-state index is 12.3. The molecule has 0 bridgehead atoms. The fourth-order valence-electron chi connectivity index (χ4n) is 0.580. The third-order valence-corrected chi connectivity index (χ3v) is 1.15. The second-order valence-corrected chi connectivity index (χ2v) is 3.22. The molecule has 0 saturated carbocycles. The molecule has 0 saturated heterocycles. The van der Waals surface area contributed by atoms with Crippen LogP contribution in [0, 0.1) is 23.3 Å². The normalized spacial score (nSPS) is 9.87. The van der Waals surface area contributed by atoms with Gasteiger partial charge in [-0.05, 0) is 26.6 Å². The van der Waals surface area contributed by atoms with Crippen LogP contribution in [0.5, 0.6) is 0 Å². The van der Waals surface area contributed by atoms with Gasteiger partial charge in [-0.3, -0.25) is 0 Å². The van der Waals surface area contributed by atoms with Gasteiger partial charge in [0.1, 0.15) is 13.7 Å². The Balaban J connectivity index is 0.000000423. The zero-order valence-electron chi connectivity index (χ0n) is 8.61. The molecule has 1 aromatic rings. The summed E-state index contributed by atoms with van der Waals surface area (Å²) in [5.74, 6) is -6.35. The van der Waals surface area contributed by atoms with Crippen LogP contribution < -0.4 is 5.46 Å². The SMILES string of the molecule is CN(C)C.[B]c1c(F)cc(F)c(F)c1F. The van der Waals surface area contributed by atoms with Crippen LogP contribution in [0.3, 0.4) is 0 Å². The molecule has 2 radical (unpaired) electrons. The summed E-state index contributed by atoms with van der Waals surface area (Å²) in [6.07, 6.45) is 0. The van der Waals surface area contributed by atoms with Crippen molar-refractivity contribution in [2.45, 2.75) is 0 Å². The molecule has 6 heteroatoms. The summed E-state index contributed by atoms with van der Waals surface area (Å²) in [6, 6.07) is 0.188. The third-order valence-electron chi connectivity index (χ3n) is 1.15. The predicted molar refractivity (Wildman–Crippen MR) is 51.3 cm³/mol. The van der Waals surface area contributed by atoms with Crippen molar-refractivity contribution >= 4 is 13.3 Å². The molecule has 0 aliphatic heterocycles. The van der Waals surface area contributed by atoms with Crippen LogP contribution in [-0.2, 0) is 0 Å². The highest BCUT2D eigenvalue weighted by molar-refractivity contribution is 6.32. The van der Waals surface area contributed by atoms with Crippen molar-refractivity contribution in [3.05, 3.63) is 29.3 Å². The van der Waals surface area contributed by atoms with E-state index in [1.807, 2.05) is 26.0 Å². The van der Waals surface area contributed by atoms with Crippen LogP contribution in [0.2, 0.25) is 0 Å². The molecule has 0 spiro atoms. The van der Waals surface area contributed by atoms with Gasteiger partial charge in [-0.25, -0.2) is 17.6 Å². The Morgan fingerprint density at radius 1 is 0.933 bits per heavy atom. The Hall–Kier alpha value is -1.04. The van der Waals surface area contributed by atoms with Gasteiger partial charge in [-0.1, -0.05) is 0 Å². The standard InChI is InChI=1S/C6HBF4.C3H9N/c7-4-2(8)1-3(9)5(10)6(4)11;1-4(2)3/h1H;1-3H3.